The fourth-order valence-electron chi connectivity index (χ4n) is 3.05. The van der Waals surface area contributed by atoms with Gasteiger partial charge in [-0.05, 0) is 29.8 Å². The van der Waals surface area contributed by atoms with Crippen molar-refractivity contribution >= 4 is 34.4 Å². The first-order chi connectivity index (χ1) is 13.0. The number of hydrogen-bond acceptors (Lipinski definition) is 4. The van der Waals surface area contributed by atoms with Gasteiger partial charge in [0.15, 0.2) is 17.3 Å². The number of carbonyl (C=O) groups excluding carboxylic acids is 1. The molecule has 3 aromatic rings. The molecule has 0 radical (unpaired) electrons. The Morgan fingerprint density at radius 1 is 1.04 bits per heavy atom. The lowest BCUT2D eigenvalue weighted by molar-refractivity contribution is 0.104. The molecule has 0 aliphatic rings. The summed E-state index contributed by atoms with van der Waals surface area (Å²) in [5, 5.41) is 1.24. The van der Waals surface area contributed by atoms with Crippen molar-refractivity contribution in [3.8, 4) is 17.2 Å². The van der Waals surface area contributed by atoms with Crippen LogP contribution in [0.2, 0.25) is 5.15 Å². The second-order valence-corrected chi connectivity index (χ2v) is 6.26. The average Bonchev–Trinajstić information content (AvgIpc) is 2.96. The molecule has 0 amide bonds. The van der Waals surface area contributed by atoms with E-state index in [1.54, 1.807) is 44.1 Å². The number of ketones is 1. The summed E-state index contributed by atoms with van der Waals surface area (Å²) in [7, 11) is 6.48. The van der Waals surface area contributed by atoms with Gasteiger partial charge in [0.2, 0.25) is 5.75 Å². The Morgan fingerprint density at radius 3 is 2.26 bits per heavy atom. The van der Waals surface area contributed by atoms with E-state index in [2.05, 4.69) is 0 Å². The number of carbonyl (C=O) groups is 1. The number of aryl methyl sites for hydroxylation is 1. The Balaban J connectivity index is 2.00. The van der Waals surface area contributed by atoms with Gasteiger partial charge in [0.05, 0.1) is 26.9 Å². The minimum absolute atomic E-state index is 0.175. The number of aromatic nitrogens is 1. The number of para-hydroxylation sites is 1. The Morgan fingerprint density at radius 2 is 1.67 bits per heavy atom. The highest BCUT2D eigenvalue weighted by Crippen LogP contribution is 2.38. The van der Waals surface area contributed by atoms with E-state index in [0.717, 1.165) is 16.5 Å². The van der Waals surface area contributed by atoms with Crippen LogP contribution in [0.15, 0.2) is 42.5 Å². The third-order valence-electron chi connectivity index (χ3n) is 4.40. The van der Waals surface area contributed by atoms with Crippen molar-refractivity contribution in [3.05, 3.63) is 58.8 Å². The highest BCUT2D eigenvalue weighted by molar-refractivity contribution is 6.36. The maximum absolute atomic E-state index is 12.8. The fraction of sp³-hybridized carbons (Fsp3) is 0.190. The molecule has 0 N–H and O–H groups in total. The van der Waals surface area contributed by atoms with Crippen molar-refractivity contribution in [3.63, 3.8) is 0 Å². The summed E-state index contributed by atoms with van der Waals surface area (Å²) in [6, 6.07) is 11.2. The summed E-state index contributed by atoms with van der Waals surface area (Å²) in [5.41, 5.74) is 2.14. The Kier molecular flexibility index (Phi) is 5.42. The maximum atomic E-state index is 12.8. The number of ether oxygens (including phenoxy) is 3. The zero-order valence-corrected chi connectivity index (χ0v) is 16.3. The van der Waals surface area contributed by atoms with Gasteiger partial charge in [0, 0.05) is 18.0 Å². The van der Waals surface area contributed by atoms with Crippen LogP contribution in [-0.2, 0) is 7.05 Å². The number of methoxy groups -OCH3 is 3. The van der Waals surface area contributed by atoms with Crippen molar-refractivity contribution in [1.82, 2.24) is 4.57 Å². The highest BCUT2D eigenvalue weighted by atomic mass is 35.5. The Labute approximate surface area is 162 Å². The van der Waals surface area contributed by atoms with Crippen molar-refractivity contribution in [2.24, 2.45) is 7.05 Å². The second kappa shape index (κ2) is 7.76. The summed E-state index contributed by atoms with van der Waals surface area (Å²) in [6.45, 7) is 0. The van der Waals surface area contributed by atoms with Gasteiger partial charge in [-0.25, -0.2) is 0 Å². The summed E-state index contributed by atoms with van der Waals surface area (Å²) in [4.78, 5) is 12.8. The first-order valence-corrected chi connectivity index (χ1v) is 8.65. The molecule has 5 nitrogen and oxygen atoms in total. The number of allylic oxidation sites excluding steroid dienone is 1. The van der Waals surface area contributed by atoms with Gasteiger partial charge in [0.25, 0.3) is 0 Å². The molecule has 0 saturated heterocycles. The van der Waals surface area contributed by atoms with Crippen molar-refractivity contribution in [2.75, 3.05) is 21.3 Å². The van der Waals surface area contributed by atoms with Crippen molar-refractivity contribution in [2.45, 2.75) is 0 Å². The molecule has 0 unspecified atom stereocenters. The quantitative estimate of drug-likeness (QED) is 0.453. The lowest BCUT2D eigenvalue weighted by atomic mass is 10.1. The normalized spacial score (nSPS) is 11.1. The van der Waals surface area contributed by atoms with Crippen LogP contribution in [0, 0.1) is 0 Å². The summed E-state index contributed by atoms with van der Waals surface area (Å²) < 4.78 is 17.8. The zero-order chi connectivity index (χ0) is 19.6. The van der Waals surface area contributed by atoms with Crippen LogP contribution >= 0.6 is 11.6 Å². The number of benzene rings is 2. The lowest BCUT2D eigenvalue weighted by Crippen LogP contribution is -1.97. The molecule has 27 heavy (non-hydrogen) atoms. The van der Waals surface area contributed by atoms with Gasteiger partial charge in [-0.15, -0.1) is 0 Å². The molecular formula is C21H20ClNO4. The van der Waals surface area contributed by atoms with Crippen LogP contribution in [0.1, 0.15) is 15.9 Å². The number of hydrogen-bond donors (Lipinski definition) is 0. The summed E-state index contributed by atoms with van der Waals surface area (Å²) in [6.07, 6.45) is 3.19. The van der Waals surface area contributed by atoms with Gasteiger partial charge in [-0.1, -0.05) is 35.9 Å². The molecule has 6 heteroatoms. The molecule has 1 aromatic heterocycles. The molecule has 0 saturated carbocycles. The molecule has 2 aromatic carbocycles. The Hall–Kier alpha value is -2.92. The van der Waals surface area contributed by atoms with Crippen LogP contribution in [0.25, 0.3) is 17.0 Å². The predicted octanol–water partition coefficient (Wildman–Crippen LogP) is 4.75. The van der Waals surface area contributed by atoms with E-state index in [0.29, 0.717) is 28.0 Å². The van der Waals surface area contributed by atoms with E-state index in [1.165, 1.54) is 6.08 Å². The molecule has 3 rings (SSSR count). The number of fused-ring (bicyclic) bond motifs is 1. The SMILES string of the molecule is COc1cc(/C=C/C(=O)c2c(Cl)n(C)c3ccccc23)cc(OC)c1OC. The molecule has 0 aliphatic heterocycles. The van der Waals surface area contributed by atoms with Crippen LogP contribution in [0.5, 0.6) is 17.2 Å². The number of nitrogens with zero attached hydrogens (tertiary/aromatic N) is 1. The number of halogens is 1. The van der Waals surface area contributed by atoms with E-state index >= 15 is 0 Å². The van der Waals surface area contributed by atoms with E-state index in [9.17, 15) is 4.79 Å². The first kappa shape index (κ1) is 18.9. The average molecular weight is 386 g/mol. The van der Waals surface area contributed by atoms with E-state index < -0.39 is 0 Å². The first-order valence-electron chi connectivity index (χ1n) is 8.27. The monoisotopic (exact) mass is 385 g/mol. The standard InChI is InChI=1S/C21H20ClNO4/c1-23-15-8-6-5-7-14(15)19(21(23)22)16(24)10-9-13-11-17(25-2)20(27-4)18(12-13)26-3/h5-12H,1-4H3/b10-9+. The maximum Gasteiger partial charge on any atom is 0.203 e. The van der Waals surface area contributed by atoms with Crippen LogP contribution in [0.3, 0.4) is 0 Å². The van der Waals surface area contributed by atoms with Crippen molar-refractivity contribution < 1.29 is 19.0 Å². The van der Waals surface area contributed by atoms with Gasteiger partial charge >= 0.3 is 0 Å². The fourth-order valence-corrected chi connectivity index (χ4v) is 3.34. The molecule has 0 atom stereocenters. The Bertz CT molecular complexity index is 1010. The van der Waals surface area contributed by atoms with Crippen LogP contribution < -0.4 is 14.2 Å². The van der Waals surface area contributed by atoms with Gasteiger partial charge in [-0.3, -0.25) is 4.79 Å². The minimum Gasteiger partial charge on any atom is -0.493 e. The molecular weight excluding hydrogens is 366 g/mol. The molecule has 140 valence electrons. The zero-order valence-electron chi connectivity index (χ0n) is 15.6. The van der Waals surface area contributed by atoms with Gasteiger partial charge < -0.3 is 18.8 Å². The second-order valence-electron chi connectivity index (χ2n) is 5.90. The molecule has 1 heterocycles. The third-order valence-corrected chi connectivity index (χ3v) is 4.84. The predicted molar refractivity (Wildman–Crippen MR) is 107 cm³/mol. The summed E-state index contributed by atoms with van der Waals surface area (Å²) in [5.74, 6) is 1.37. The highest BCUT2D eigenvalue weighted by Gasteiger charge is 2.18. The molecule has 0 fully saturated rings. The largest absolute Gasteiger partial charge is 0.493 e. The molecule has 0 spiro atoms. The lowest BCUT2D eigenvalue weighted by Gasteiger charge is -2.12. The third kappa shape index (κ3) is 3.38. The van der Waals surface area contributed by atoms with Gasteiger partial charge in [-0.2, -0.15) is 0 Å². The molecule has 0 bridgehead atoms. The number of rotatable bonds is 6. The van der Waals surface area contributed by atoms with E-state index in [-0.39, 0.29) is 5.78 Å². The van der Waals surface area contributed by atoms with Crippen LogP contribution in [-0.4, -0.2) is 31.7 Å². The van der Waals surface area contributed by atoms with Crippen molar-refractivity contribution in [1.29, 1.82) is 0 Å². The van der Waals surface area contributed by atoms with E-state index in [4.69, 9.17) is 25.8 Å². The summed E-state index contributed by atoms with van der Waals surface area (Å²) >= 11 is 6.40. The van der Waals surface area contributed by atoms with E-state index in [1.807, 2.05) is 31.3 Å². The molecule has 0 aliphatic carbocycles. The minimum atomic E-state index is -0.175. The topological polar surface area (TPSA) is 49.7 Å². The van der Waals surface area contributed by atoms with Crippen LogP contribution in [0.4, 0.5) is 0 Å². The van der Waals surface area contributed by atoms with Gasteiger partial charge in [0.1, 0.15) is 5.15 Å². The smallest absolute Gasteiger partial charge is 0.203 e.